The molecule has 0 spiro atoms. The van der Waals surface area contributed by atoms with E-state index in [0.717, 1.165) is 24.3 Å². The third-order valence-electron chi connectivity index (χ3n) is 8.50. The Hall–Kier alpha value is -1.80. The first-order chi connectivity index (χ1) is 13.6. The number of hydrogen-bond acceptors (Lipinski definition) is 2. The lowest BCUT2D eigenvalue weighted by Crippen LogP contribution is -2.47. The van der Waals surface area contributed by atoms with Gasteiger partial charge in [-0.1, -0.05) is 50.2 Å². The van der Waals surface area contributed by atoms with Gasteiger partial charge in [0.15, 0.2) is 0 Å². The van der Waals surface area contributed by atoms with Gasteiger partial charge in [-0.2, -0.15) is 0 Å². The molecule has 6 unspecified atom stereocenters. The summed E-state index contributed by atoms with van der Waals surface area (Å²) in [5, 5.41) is 3.62. The molecule has 0 bridgehead atoms. The average Bonchev–Trinajstić information content (AvgIpc) is 2.96. The Morgan fingerprint density at radius 2 is 1.93 bits per heavy atom. The van der Waals surface area contributed by atoms with Crippen molar-refractivity contribution in [3.63, 3.8) is 0 Å². The smallest absolute Gasteiger partial charge is 0.0400 e. The Balaban J connectivity index is 1.35. The molecule has 3 N–H and O–H groups in total. The minimum Gasteiger partial charge on any atom is -0.381 e. The van der Waals surface area contributed by atoms with E-state index in [1.165, 1.54) is 43.4 Å². The quantitative estimate of drug-likeness (QED) is 0.720. The molecule has 5 rings (SSSR count). The SMILES string of the molecule is CC1CC2C3CCc4cc(NCc5ccccc5)ccc4C3CCC2(C)C1N. The molecule has 3 aliphatic carbocycles. The summed E-state index contributed by atoms with van der Waals surface area (Å²) in [7, 11) is 0. The van der Waals surface area contributed by atoms with E-state index in [0.29, 0.717) is 17.4 Å². The van der Waals surface area contributed by atoms with Gasteiger partial charge in [0.1, 0.15) is 0 Å². The molecular formula is C26H34N2. The highest BCUT2D eigenvalue weighted by Gasteiger charge is 2.55. The van der Waals surface area contributed by atoms with Gasteiger partial charge in [0.25, 0.3) is 0 Å². The Morgan fingerprint density at radius 1 is 1.11 bits per heavy atom. The summed E-state index contributed by atoms with van der Waals surface area (Å²) >= 11 is 0. The van der Waals surface area contributed by atoms with Gasteiger partial charge in [0.2, 0.25) is 0 Å². The molecule has 6 atom stereocenters. The molecule has 0 saturated heterocycles. The molecule has 0 radical (unpaired) electrons. The fourth-order valence-electron chi connectivity index (χ4n) is 6.90. The van der Waals surface area contributed by atoms with E-state index in [1.807, 2.05) is 0 Å². The average molecular weight is 375 g/mol. The maximum absolute atomic E-state index is 6.68. The second-order valence-corrected chi connectivity index (χ2v) is 9.95. The molecule has 2 aromatic carbocycles. The molecule has 2 nitrogen and oxygen atoms in total. The van der Waals surface area contributed by atoms with Gasteiger partial charge in [-0.05, 0) is 90.0 Å². The number of hydrogen-bond donors (Lipinski definition) is 2. The van der Waals surface area contributed by atoms with Gasteiger partial charge < -0.3 is 11.1 Å². The van der Waals surface area contributed by atoms with Crippen LogP contribution in [-0.2, 0) is 13.0 Å². The van der Waals surface area contributed by atoms with Crippen molar-refractivity contribution in [2.24, 2.45) is 28.9 Å². The molecule has 28 heavy (non-hydrogen) atoms. The Bertz CT molecular complexity index is 845. The number of rotatable bonds is 3. The molecule has 0 amide bonds. The van der Waals surface area contributed by atoms with Gasteiger partial charge in [-0.25, -0.2) is 0 Å². The highest BCUT2D eigenvalue weighted by Crippen LogP contribution is 2.61. The van der Waals surface area contributed by atoms with Crippen LogP contribution in [-0.4, -0.2) is 6.04 Å². The molecule has 0 aliphatic heterocycles. The summed E-state index contributed by atoms with van der Waals surface area (Å²) in [5.41, 5.74) is 12.9. The molecule has 2 heteroatoms. The molecule has 2 fully saturated rings. The monoisotopic (exact) mass is 374 g/mol. The van der Waals surface area contributed by atoms with Crippen LogP contribution in [0.1, 0.15) is 62.1 Å². The Kier molecular flexibility index (Phi) is 4.50. The summed E-state index contributed by atoms with van der Waals surface area (Å²) in [6.07, 6.45) is 6.54. The summed E-state index contributed by atoms with van der Waals surface area (Å²) < 4.78 is 0. The van der Waals surface area contributed by atoms with Crippen LogP contribution in [0, 0.1) is 23.2 Å². The molecule has 2 aromatic rings. The number of benzene rings is 2. The number of nitrogens with two attached hydrogens (primary N) is 1. The lowest BCUT2D eigenvalue weighted by molar-refractivity contribution is 0.0492. The topological polar surface area (TPSA) is 38.0 Å². The fourth-order valence-corrected chi connectivity index (χ4v) is 6.90. The van der Waals surface area contributed by atoms with E-state index in [-0.39, 0.29) is 0 Å². The first-order valence-corrected chi connectivity index (χ1v) is 11.2. The number of anilines is 1. The maximum Gasteiger partial charge on any atom is 0.0400 e. The lowest BCUT2D eigenvalue weighted by Gasteiger charge is -2.50. The normalized spacial score (nSPS) is 36.3. The number of aryl methyl sites for hydroxylation is 1. The highest BCUT2D eigenvalue weighted by atomic mass is 14.9. The van der Waals surface area contributed by atoms with E-state index >= 15 is 0 Å². The minimum atomic E-state index is 0.370. The van der Waals surface area contributed by atoms with Crippen LogP contribution in [0.2, 0.25) is 0 Å². The Morgan fingerprint density at radius 3 is 2.75 bits per heavy atom. The summed E-state index contributed by atoms with van der Waals surface area (Å²) in [5.74, 6) is 3.09. The molecule has 3 aliphatic rings. The third kappa shape index (κ3) is 2.88. The first kappa shape index (κ1) is 18.2. The summed E-state index contributed by atoms with van der Waals surface area (Å²) in [6, 6.07) is 18.2. The lowest BCUT2D eigenvalue weighted by atomic mass is 9.55. The van der Waals surface area contributed by atoms with Crippen molar-refractivity contribution in [2.45, 2.75) is 64.5 Å². The van der Waals surface area contributed by atoms with Crippen LogP contribution in [0.4, 0.5) is 5.69 Å². The largest absolute Gasteiger partial charge is 0.381 e. The van der Waals surface area contributed by atoms with Crippen molar-refractivity contribution in [3.8, 4) is 0 Å². The predicted octanol–water partition coefficient (Wildman–Crippen LogP) is 5.73. The van der Waals surface area contributed by atoms with Crippen molar-refractivity contribution in [2.75, 3.05) is 5.32 Å². The van der Waals surface area contributed by atoms with Crippen molar-refractivity contribution in [1.82, 2.24) is 0 Å². The maximum atomic E-state index is 6.68. The molecule has 0 heterocycles. The van der Waals surface area contributed by atoms with E-state index in [2.05, 4.69) is 67.7 Å². The third-order valence-corrected chi connectivity index (χ3v) is 8.50. The van der Waals surface area contributed by atoms with Gasteiger partial charge in [-0.3, -0.25) is 0 Å². The zero-order chi connectivity index (χ0) is 19.3. The van der Waals surface area contributed by atoms with E-state index in [9.17, 15) is 0 Å². The highest BCUT2D eigenvalue weighted by molar-refractivity contribution is 5.51. The van der Waals surface area contributed by atoms with Crippen LogP contribution in [0.25, 0.3) is 0 Å². The van der Waals surface area contributed by atoms with Gasteiger partial charge in [-0.15, -0.1) is 0 Å². The number of fused-ring (bicyclic) bond motifs is 5. The van der Waals surface area contributed by atoms with Gasteiger partial charge >= 0.3 is 0 Å². The summed E-state index contributed by atoms with van der Waals surface area (Å²) in [4.78, 5) is 0. The van der Waals surface area contributed by atoms with Crippen molar-refractivity contribution in [3.05, 3.63) is 65.2 Å². The Labute approximate surface area is 169 Å². The van der Waals surface area contributed by atoms with Crippen LogP contribution in [0.5, 0.6) is 0 Å². The first-order valence-electron chi connectivity index (χ1n) is 11.2. The molecule has 0 aromatic heterocycles. The van der Waals surface area contributed by atoms with E-state index < -0.39 is 0 Å². The van der Waals surface area contributed by atoms with Crippen LogP contribution < -0.4 is 11.1 Å². The summed E-state index contributed by atoms with van der Waals surface area (Å²) in [6.45, 7) is 5.76. The van der Waals surface area contributed by atoms with Crippen molar-refractivity contribution in [1.29, 1.82) is 0 Å². The molecule has 2 saturated carbocycles. The minimum absolute atomic E-state index is 0.370. The van der Waals surface area contributed by atoms with Crippen LogP contribution in [0.3, 0.4) is 0 Å². The zero-order valence-electron chi connectivity index (χ0n) is 17.3. The standard InChI is InChI=1S/C26H34N2/c1-17-14-24-23-10-8-19-15-20(28-16-18-6-4-3-5-7-18)9-11-21(19)22(23)12-13-26(24,2)25(17)27/h3-7,9,11,15,17,22-25,28H,8,10,12-14,16,27H2,1-2H3. The molecule has 148 valence electrons. The molecular weight excluding hydrogens is 340 g/mol. The zero-order valence-corrected chi connectivity index (χ0v) is 17.3. The van der Waals surface area contributed by atoms with Crippen molar-refractivity contribution >= 4 is 5.69 Å². The van der Waals surface area contributed by atoms with E-state index in [4.69, 9.17) is 5.73 Å². The van der Waals surface area contributed by atoms with Gasteiger partial charge in [0.05, 0.1) is 0 Å². The van der Waals surface area contributed by atoms with Crippen molar-refractivity contribution < 1.29 is 0 Å². The second-order valence-electron chi connectivity index (χ2n) is 9.95. The second kappa shape index (κ2) is 6.91. The number of nitrogens with one attached hydrogen (secondary N) is 1. The van der Waals surface area contributed by atoms with Gasteiger partial charge in [0, 0.05) is 18.3 Å². The predicted molar refractivity (Wildman–Crippen MR) is 117 cm³/mol. The van der Waals surface area contributed by atoms with Crippen LogP contribution >= 0.6 is 0 Å². The van der Waals surface area contributed by atoms with E-state index in [1.54, 1.807) is 11.1 Å². The fraction of sp³-hybridized carbons (Fsp3) is 0.538. The van der Waals surface area contributed by atoms with Crippen LogP contribution in [0.15, 0.2) is 48.5 Å².